The van der Waals surface area contributed by atoms with E-state index in [0.29, 0.717) is 6.54 Å². The van der Waals surface area contributed by atoms with Gasteiger partial charge in [0.2, 0.25) is 6.29 Å². The normalized spacial score (nSPS) is 9.27. The molecule has 0 rings (SSSR count). The first kappa shape index (κ1) is 12.7. The number of rotatable bonds is 2. The van der Waals surface area contributed by atoms with E-state index < -0.39 is 11.4 Å². The highest BCUT2D eigenvalue weighted by atomic mass is 16.9. The third kappa shape index (κ3) is 48.0. The summed E-state index contributed by atoms with van der Waals surface area (Å²) in [7, 11) is 3.72. The van der Waals surface area contributed by atoms with Gasteiger partial charge in [0.1, 0.15) is 6.54 Å². The summed E-state index contributed by atoms with van der Waals surface area (Å²) in [6.07, 6.45) is -1.16. The lowest BCUT2D eigenvalue weighted by Crippen LogP contribution is -3.07. The minimum absolute atomic E-state index is 0.389. The first-order valence-electron chi connectivity index (χ1n) is 2.83. The van der Waals surface area contributed by atoms with Crippen LogP contribution in [0, 0.1) is 15.3 Å². The standard InChI is InChI=1S/C4H11NO2.NO3/c1-5(2)3-4(6)7;2-1(3)4/h4,6-7H,3H2,1-2H3;/q;-1/p+1. The molecule has 0 saturated carbocycles. The monoisotopic (exact) mass is 168 g/mol. The van der Waals surface area contributed by atoms with Crippen LogP contribution in [0.2, 0.25) is 0 Å². The molecule has 0 spiro atoms. The molecule has 3 N–H and O–H groups in total. The average molecular weight is 168 g/mol. The van der Waals surface area contributed by atoms with Gasteiger partial charge in [0.25, 0.3) is 0 Å². The van der Waals surface area contributed by atoms with Crippen LogP contribution in [-0.2, 0) is 0 Å². The zero-order valence-corrected chi connectivity index (χ0v) is 6.35. The van der Waals surface area contributed by atoms with E-state index in [0.717, 1.165) is 4.90 Å². The van der Waals surface area contributed by atoms with E-state index in [4.69, 9.17) is 25.5 Å². The molecule has 0 fully saturated rings. The molecule has 0 aromatic rings. The summed E-state index contributed by atoms with van der Waals surface area (Å²) in [5.41, 5.74) is 0. The van der Waals surface area contributed by atoms with Crippen molar-refractivity contribution in [2.24, 2.45) is 0 Å². The van der Waals surface area contributed by atoms with Crippen LogP contribution in [0.5, 0.6) is 0 Å². The zero-order chi connectivity index (χ0) is 9.44. The van der Waals surface area contributed by atoms with E-state index >= 15 is 0 Å². The number of hydrogen-bond donors (Lipinski definition) is 3. The van der Waals surface area contributed by atoms with Gasteiger partial charge in [0.15, 0.2) is 0 Å². The Labute approximate surface area is 63.6 Å². The van der Waals surface area contributed by atoms with E-state index in [1.54, 1.807) is 0 Å². The summed E-state index contributed by atoms with van der Waals surface area (Å²) in [4.78, 5) is 9.29. The lowest BCUT2D eigenvalue weighted by molar-refractivity contribution is -0.865. The summed E-state index contributed by atoms with van der Waals surface area (Å²) in [6.45, 7) is 0.389. The van der Waals surface area contributed by atoms with Gasteiger partial charge in [-0.2, -0.15) is 0 Å². The first-order chi connectivity index (χ1) is 4.86. The van der Waals surface area contributed by atoms with Crippen molar-refractivity contribution < 1.29 is 20.2 Å². The van der Waals surface area contributed by atoms with Crippen molar-refractivity contribution >= 4 is 0 Å². The highest BCUT2D eigenvalue weighted by Gasteiger charge is 1.99. The first-order valence-corrected chi connectivity index (χ1v) is 2.83. The van der Waals surface area contributed by atoms with Crippen LogP contribution >= 0.6 is 0 Å². The van der Waals surface area contributed by atoms with E-state index in [1.165, 1.54) is 0 Å². The maximum absolute atomic E-state index is 8.26. The van der Waals surface area contributed by atoms with E-state index in [2.05, 4.69) is 0 Å². The second-order valence-corrected chi connectivity index (χ2v) is 2.12. The van der Waals surface area contributed by atoms with Crippen LogP contribution in [0.25, 0.3) is 0 Å². The summed E-state index contributed by atoms with van der Waals surface area (Å²) < 4.78 is 0. The molecular formula is C4H12N2O5. The minimum Gasteiger partial charge on any atom is -0.364 e. The molecule has 0 aliphatic rings. The molecule has 0 bridgehead atoms. The SMILES string of the molecule is C[NH+](C)CC(O)O.O=[N+]([O-])[O-]. The fourth-order valence-electron chi connectivity index (χ4n) is 0.365. The second kappa shape index (κ2) is 7.19. The predicted molar refractivity (Wildman–Crippen MR) is 36.3 cm³/mol. The summed E-state index contributed by atoms with van der Waals surface area (Å²) in [5.74, 6) is 0. The maximum Gasteiger partial charge on any atom is 0.202 e. The van der Waals surface area contributed by atoms with Gasteiger partial charge in [-0.3, -0.25) is 0 Å². The van der Waals surface area contributed by atoms with Gasteiger partial charge in [-0.1, -0.05) is 0 Å². The number of hydrogen-bond acceptors (Lipinski definition) is 5. The molecule has 0 heterocycles. The number of aliphatic hydroxyl groups is 2. The van der Waals surface area contributed by atoms with E-state index in [-0.39, 0.29) is 0 Å². The van der Waals surface area contributed by atoms with Gasteiger partial charge in [-0.25, -0.2) is 0 Å². The molecule has 0 amide bonds. The molecule has 0 saturated heterocycles. The molecular weight excluding hydrogens is 156 g/mol. The Balaban J connectivity index is 0. The van der Waals surface area contributed by atoms with Crippen molar-refractivity contribution in [2.45, 2.75) is 6.29 Å². The van der Waals surface area contributed by atoms with E-state index in [1.807, 2.05) is 14.1 Å². The molecule has 0 radical (unpaired) electrons. The molecule has 0 aliphatic heterocycles. The quantitative estimate of drug-likeness (QED) is 0.234. The van der Waals surface area contributed by atoms with Crippen molar-refractivity contribution in [2.75, 3.05) is 20.6 Å². The molecule has 7 heteroatoms. The smallest absolute Gasteiger partial charge is 0.202 e. The van der Waals surface area contributed by atoms with Crippen molar-refractivity contribution in [3.05, 3.63) is 15.3 Å². The number of quaternary nitrogens is 1. The van der Waals surface area contributed by atoms with Crippen molar-refractivity contribution in [1.82, 2.24) is 0 Å². The van der Waals surface area contributed by atoms with Crippen LogP contribution in [-0.4, -0.2) is 42.2 Å². The second-order valence-electron chi connectivity index (χ2n) is 2.12. The largest absolute Gasteiger partial charge is 0.364 e. The summed E-state index contributed by atoms with van der Waals surface area (Å²) >= 11 is 0. The fourth-order valence-corrected chi connectivity index (χ4v) is 0.365. The van der Waals surface area contributed by atoms with Crippen molar-refractivity contribution in [3.63, 3.8) is 0 Å². The van der Waals surface area contributed by atoms with Crippen molar-refractivity contribution in [1.29, 1.82) is 0 Å². The van der Waals surface area contributed by atoms with Gasteiger partial charge in [-0.05, 0) is 0 Å². The molecule has 11 heavy (non-hydrogen) atoms. The van der Waals surface area contributed by atoms with Crippen LogP contribution in [0.4, 0.5) is 0 Å². The van der Waals surface area contributed by atoms with Gasteiger partial charge in [0.05, 0.1) is 19.2 Å². The van der Waals surface area contributed by atoms with Crippen molar-refractivity contribution in [3.8, 4) is 0 Å². The van der Waals surface area contributed by atoms with Gasteiger partial charge >= 0.3 is 0 Å². The molecule has 0 aliphatic carbocycles. The Kier molecular flexibility index (Phi) is 8.32. The van der Waals surface area contributed by atoms with Crippen LogP contribution in [0.1, 0.15) is 0 Å². The van der Waals surface area contributed by atoms with Crippen LogP contribution in [0.3, 0.4) is 0 Å². The third-order valence-corrected chi connectivity index (χ3v) is 0.591. The lowest BCUT2D eigenvalue weighted by Gasteiger charge is -2.06. The Morgan fingerprint density at radius 1 is 1.45 bits per heavy atom. The maximum atomic E-state index is 8.26. The molecule has 68 valence electrons. The van der Waals surface area contributed by atoms with E-state index in [9.17, 15) is 0 Å². The third-order valence-electron chi connectivity index (χ3n) is 0.591. The number of aliphatic hydroxyl groups excluding tert-OH is 1. The number of nitrogens with one attached hydrogen (secondary N) is 1. The molecule has 0 unspecified atom stereocenters. The van der Waals surface area contributed by atoms with Gasteiger partial charge < -0.3 is 30.4 Å². The topological polar surface area (TPSA) is 111 Å². The Morgan fingerprint density at radius 3 is 1.73 bits per heavy atom. The Hall–Kier alpha value is -0.920. The van der Waals surface area contributed by atoms with Crippen LogP contribution < -0.4 is 4.90 Å². The number of likely N-dealkylation sites (N-methyl/N-ethyl adjacent to an activating group) is 1. The predicted octanol–water partition coefficient (Wildman–Crippen LogP) is -2.80. The van der Waals surface area contributed by atoms with Gasteiger partial charge in [0, 0.05) is 0 Å². The average Bonchev–Trinajstić information content (AvgIpc) is 1.56. The summed E-state index contributed by atoms with van der Waals surface area (Å²) in [5, 5.41) is 31.3. The highest BCUT2D eigenvalue weighted by Crippen LogP contribution is 1.59. The summed E-state index contributed by atoms with van der Waals surface area (Å²) in [6, 6.07) is 0. The van der Waals surface area contributed by atoms with Gasteiger partial charge in [-0.15, -0.1) is 0 Å². The Morgan fingerprint density at radius 2 is 1.73 bits per heavy atom. The number of nitrogens with zero attached hydrogens (tertiary/aromatic N) is 1. The van der Waals surface area contributed by atoms with Crippen LogP contribution in [0.15, 0.2) is 0 Å². The fraction of sp³-hybridized carbons (Fsp3) is 1.00. The highest BCUT2D eigenvalue weighted by molar-refractivity contribution is 4.22. The molecule has 0 aromatic carbocycles. The minimum atomic E-state index is -1.75. The Bertz CT molecular complexity index is 94.7. The molecule has 0 atom stereocenters. The molecule has 0 aromatic heterocycles. The lowest BCUT2D eigenvalue weighted by atomic mass is 10.6. The zero-order valence-electron chi connectivity index (χ0n) is 6.35. The molecule has 7 nitrogen and oxygen atoms in total.